The highest BCUT2D eigenvalue weighted by Gasteiger charge is 2.44. The van der Waals surface area contributed by atoms with Crippen LogP contribution in [0.1, 0.15) is 24.8 Å². The molecule has 2 atom stereocenters. The van der Waals surface area contributed by atoms with E-state index in [1.54, 1.807) is 0 Å². The molecule has 2 heterocycles. The number of nitrogens with zero attached hydrogens (tertiary/aromatic N) is 2. The first-order valence-corrected chi connectivity index (χ1v) is 10.1. The van der Waals surface area contributed by atoms with E-state index in [1.807, 2.05) is 49.4 Å². The molecule has 31 heavy (non-hydrogen) atoms. The quantitative estimate of drug-likeness (QED) is 0.442. The number of carboxylic acids is 1. The van der Waals surface area contributed by atoms with Gasteiger partial charge in [0.15, 0.2) is 11.2 Å². The van der Waals surface area contributed by atoms with Crippen LogP contribution >= 0.6 is 0 Å². The molecule has 1 saturated carbocycles. The van der Waals surface area contributed by atoms with Crippen LogP contribution in [0.3, 0.4) is 0 Å². The van der Waals surface area contributed by atoms with E-state index in [-0.39, 0.29) is 22.9 Å². The molecule has 3 N–H and O–H groups in total. The van der Waals surface area contributed by atoms with E-state index in [4.69, 9.17) is 4.74 Å². The number of aromatic amines is 2. The fraction of sp³-hybridized carbons (Fsp3) is 0.217. The second kappa shape index (κ2) is 7.39. The minimum Gasteiger partial charge on any atom is -0.493 e. The van der Waals surface area contributed by atoms with Gasteiger partial charge < -0.3 is 19.8 Å². The molecule has 156 valence electrons. The van der Waals surface area contributed by atoms with Crippen LogP contribution in [0, 0.1) is 5.92 Å². The zero-order chi connectivity index (χ0) is 21.5. The van der Waals surface area contributed by atoms with E-state index in [0.29, 0.717) is 35.8 Å². The monoisotopic (exact) mass is 416 g/mol. The van der Waals surface area contributed by atoms with Crippen LogP contribution in [-0.2, 0) is 4.79 Å². The number of hydrogen-bond donors (Lipinski definition) is 3. The first-order chi connectivity index (χ1) is 15.0. The van der Waals surface area contributed by atoms with Crippen molar-refractivity contribution in [2.45, 2.75) is 19.3 Å². The van der Waals surface area contributed by atoms with Gasteiger partial charge in [-0.1, -0.05) is 30.3 Å². The van der Waals surface area contributed by atoms with Crippen molar-refractivity contribution in [1.29, 1.82) is 0 Å². The van der Waals surface area contributed by atoms with Crippen molar-refractivity contribution >= 4 is 17.1 Å². The van der Waals surface area contributed by atoms with Gasteiger partial charge in [-0.2, -0.15) is 0 Å². The molecule has 5 rings (SSSR count). The highest BCUT2D eigenvalue weighted by atomic mass is 16.5. The molecule has 8 heteroatoms. The lowest BCUT2D eigenvalue weighted by Crippen LogP contribution is -2.10. The summed E-state index contributed by atoms with van der Waals surface area (Å²) in [6.45, 7) is 2.35. The minimum absolute atomic E-state index is 0.0680. The standard InChI is InChI=1S/C23H20N4O4/c1-2-31-18-9-13(12-4-3-5-14(8-12)16-10-17(16)23(29)30)6-7-15(18)20-26-21-19(22(28)27-20)24-11-25-21/h3-9,11,16-17H,2,10H2,1H3,(H,29,30)(H2,24,25,26,27,28)/t16?,17-/m0/s1. The van der Waals surface area contributed by atoms with Gasteiger partial charge >= 0.3 is 5.97 Å². The Morgan fingerprint density at radius 2 is 2.06 bits per heavy atom. The van der Waals surface area contributed by atoms with Crippen molar-refractivity contribution in [3.63, 3.8) is 0 Å². The Kier molecular flexibility index (Phi) is 4.54. The maximum Gasteiger partial charge on any atom is 0.307 e. The third-order valence-electron chi connectivity index (χ3n) is 5.58. The van der Waals surface area contributed by atoms with E-state index in [1.165, 1.54) is 6.33 Å². The van der Waals surface area contributed by atoms with Gasteiger partial charge in [-0.25, -0.2) is 9.97 Å². The van der Waals surface area contributed by atoms with Crippen LogP contribution in [0.25, 0.3) is 33.7 Å². The molecule has 0 amide bonds. The van der Waals surface area contributed by atoms with E-state index >= 15 is 0 Å². The number of fused-ring (bicyclic) bond motifs is 1. The number of ether oxygens (including phenoxy) is 1. The molecule has 8 nitrogen and oxygen atoms in total. The molecule has 0 aliphatic heterocycles. The molecule has 2 aromatic carbocycles. The average molecular weight is 416 g/mol. The lowest BCUT2D eigenvalue weighted by molar-refractivity contribution is -0.138. The summed E-state index contributed by atoms with van der Waals surface area (Å²) in [5.74, 6) is 0.0274. The number of nitrogens with one attached hydrogen (secondary N) is 2. The fourth-order valence-corrected chi connectivity index (χ4v) is 3.93. The first kappa shape index (κ1) is 19.0. The van der Waals surface area contributed by atoms with Crippen molar-refractivity contribution < 1.29 is 14.6 Å². The number of benzene rings is 2. The number of carboxylic acid groups (broad SMARTS) is 1. The molecule has 1 aliphatic carbocycles. The molecule has 4 aromatic rings. The Bertz CT molecular complexity index is 1360. The van der Waals surface area contributed by atoms with Gasteiger partial charge in [-0.15, -0.1) is 0 Å². The molecule has 1 aliphatic rings. The number of aromatic nitrogens is 4. The van der Waals surface area contributed by atoms with Gasteiger partial charge in [0.05, 0.1) is 24.4 Å². The number of H-pyrrole nitrogens is 2. The van der Waals surface area contributed by atoms with Gasteiger partial charge in [0.1, 0.15) is 11.6 Å². The molecular formula is C23H20N4O4. The number of hydrogen-bond acceptors (Lipinski definition) is 5. The summed E-state index contributed by atoms with van der Waals surface area (Å²) in [5, 5.41) is 9.22. The summed E-state index contributed by atoms with van der Waals surface area (Å²) in [5.41, 5.74) is 3.97. The zero-order valence-corrected chi connectivity index (χ0v) is 16.8. The average Bonchev–Trinajstić information content (AvgIpc) is 3.44. The summed E-state index contributed by atoms with van der Waals surface area (Å²) in [6, 6.07) is 13.7. The Morgan fingerprint density at radius 1 is 1.23 bits per heavy atom. The first-order valence-electron chi connectivity index (χ1n) is 10.1. The van der Waals surface area contributed by atoms with Crippen molar-refractivity contribution in [3.05, 3.63) is 64.7 Å². The summed E-state index contributed by atoms with van der Waals surface area (Å²) >= 11 is 0. The van der Waals surface area contributed by atoms with Crippen molar-refractivity contribution in [2.24, 2.45) is 5.92 Å². The Morgan fingerprint density at radius 3 is 2.84 bits per heavy atom. The van der Waals surface area contributed by atoms with Gasteiger partial charge in [-0.05, 0) is 48.1 Å². The molecule has 1 fully saturated rings. The van der Waals surface area contributed by atoms with Crippen LogP contribution < -0.4 is 10.3 Å². The van der Waals surface area contributed by atoms with Gasteiger partial charge in [-0.3, -0.25) is 9.59 Å². The lowest BCUT2D eigenvalue weighted by Gasteiger charge is -2.13. The number of aliphatic carboxylic acids is 1. The van der Waals surface area contributed by atoms with Crippen LogP contribution in [-0.4, -0.2) is 37.6 Å². The van der Waals surface area contributed by atoms with E-state index in [2.05, 4.69) is 19.9 Å². The van der Waals surface area contributed by atoms with E-state index in [9.17, 15) is 14.7 Å². The smallest absolute Gasteiger partial charge is 0.307 e. The third-order valence-corrected chi connectivity index (χ3v) is 5.58. The highest BCUT2D eigenvalue weighted by Crippen LogP contribution is 2.48. The Labute approximate surface area is 177 Å². The normalized spacial score (nSPS) is 17.6. The topological polar surface area (TPSA) is 121 Å². The summed E-state index contributed by atoms with van der Waals surface area (Å²) in [4.78, 5) is 37.6. The highest BCUT2D eigenvalue weighted by molar-refractivity contribution is 5.78. The molecule has 0 bridgehead atoms. The van der Waals surface area contributed by atoms with Crippen LogP contribution in [0.5, 0.6) is 5.75 Å². The second-order valence-electron chi connectivity index (χ2n) is 7.57. The van der Waals surface area contributed by atoms with Gasteiger partial charge in [0.2, 0.25) is 0 Å². The summed E-state index contributed by atoms with van der Waals surface area (Å²) in [7, 11) is 0. The lowest BCUT2D eigenvalue weighted by atomic mass is 9.99. The molecule has 2 aromatic heterocycles. The van der Waals surface area contributed by atoms with Crippen LogP contribution in [0.2, 0.25) is 0 Å². The number of carbonyl (C=O) groups is 1. The van der Waals surface area contributed by atoms with Crippen molar-refractivity contribution in [1.82, 2.24) is 19.9 Å². The molecule has 0 saturated heterocycles. The largest absolute Gasteiger partial charge is 0.493 e. The Balaban J connectivity index is 1.54. The minimum atomic E-state index is -0.742. The van der Waals surface area contributed by atoms with E-state index in [0.717, 1.165) is 16.7 Å². The second-order valence-corrected chi connectivity index (χ2v) is 7.57. The Hall–Kier alpha value is -3.94. The van der Waals surface area contributed by atoms with Crippen LogP contribution in [0.4, 0.5) is 0 Å². The number of imidazole rings is 1. The molecule has 1 unspecified atom stereocenters. The predicted octanol–water partition coefficient (Wildman–Crippen LogP) is 3.57. The maximum atomic E-state index is 12.3. The summed E-state index contributed by atoms with van der Waals surface area (Å²) < 4.78 is 5.86. The molecule has 0 radical (unpaired) electrons. The zero-order valence-electron chi connectivity index (χ0n) is 16.8. The van der Waals surface area contributed by atoms with Crippen LogP contribution in [0.15, 0.2) is 53.6 Å². The molecule has 0 spiro atoms. The maximum absolute atomic E-state index is 12.3. The third kappa shape index (κ3) is 3.46. The molecular weight excluding hydrogens is 396 g/mol. The van der Waals surface area contributed by atoms with Crippen molar-refractivity contribution in [3.8, 4) is 28.3 Å². The van der Waals surface area contributed by atoms with E-state index < -0.39 is 5.97 Å². The SMILES string of the molecule is CCOc1cc(-c2cccc(C3C[C@@H]3C(=O)O)c2)ccc1-c1nc2[nH]cnc2c(=O)[nH]1. The number of rotatable bonds is 6. The van der Waals surface area contributed by atoms with Gasteiger partial charge in [0.25, 0.3) is 5.56 Å². The predicted molar refractivity (Wildman–Crippen MR) is 115 cm³/mol. The summed E-state index contributed by atoms with van der Waals surface area (Å²) in [6.07, 6.45) is 2.11. The van der Waals surface area contributed by atoms with Gasteiger partial charge in [0, 0.05) is 0 Å². The van der Waals surface area contributed by atoms with Crippen molar-refractivity contribution in [2.75, 3.05) is 6.61 Å². The fourth-order valence-electron chi connectivity index (χ4n) is 3.93.